The van der Waals surface area contributed by atoms with Crippen molar-refractivity contribution in [1.82, 2.24) is 10.2 Å². The molecule has 1 aliphatic rings. The van der Waals surface area contributed by atoms with Crippen molar-refractivity contribution in [3.63, 3.8) is 0 Å². The summed E-state index contributed by atoms with van der Waals surface area (Å²) in [4.78, 5) is 16.6. The average molecular weight is 303 g/mol. The second-order valence-corrected chi connectivity index (χ2v) is 6.55. The summed E-state index contributed by atoms with van der Waals surface area (Å²) in [6.07, 6.45) is 0.608. The van der Waals surface area contributed by atoms with Crippen molar-refractivity contribution >= 4 is 11.6 Å². The van der Waals surface area contributed by atoms with Crippen molar-refractivity contribution in [2.24, 2.45) is 5.92 Å². The molecule has 1 N–H and O–H groups in total. The molecule has 0 saturated carbocycles. The molecule has 1 aromatic rings. The van der Waals surface area contributed by atoms with Gasteiger partial charge in [-0.2, -0.15) is 0 Å². The minimum Gasteiger partial charge on any atom is -0.368 e. The van der Waals surface area contributed by atoms with Gasteiger partial charge in [0.25, 0.3) is 0 Å². The third-order valence-corrected chi connectivity index (χ3v) is 4.07. The molecule has 1 aromatic carbocycles. The number of carbonyl (C=O) groups excluding carboxylic acids is 1. The summed E-state index contributed by atoms with van der Waals surface area (Å²) < 4.78 is 0. The van der Waals surface area contributed by atoms with Crippen molar-refractivity contribution in [2.45, 2.75) is 27.2 Å². The van der Waals surface area contributed by atoms with Gasteiger partial charge in [0.15, 0.2) is 0 Å². The van der Waals surface area contributed by atoms with Gasteiger partial charge in [0.2, 0.25) is 5.91 Å². The van der Waals surface area contributed by atoms with Gasteiger partial charge in [0.1, 0.15) is 0 Å². The van der Waals surface area contributed by atoms with Crippen LogP contribution in [0.3, 0.4) is 0 Å². The molecule has 2 rings (SSSR count). The number of rotatable bonds is 6. The van der Waals surface area contributed by atoms with Crippen LogP contribution in [0, 0.1) is 12.8 Å². The van der Waals surface area contributed by atoms with Crippen LogP contribution in [-0.4, -0.2) is 50.1 Å². The summed E-state index contributed by atoms with van der Waals surface area (Å²) in [6.45, 7) is 11.8. The number of nitrogens with one attached hydrogen (secondary N) is 1. The first-order chi connectivity index (χ1) is 10.6. The predicted octanol–water partition coefficient (Wildman–Crippen LogP) is 2.28. The van der Waals surface area contributed by atoms with Crippen LogP contribution in [0.4, 0.5) is 5.69 Å². The fraction of sp³-hybridized carbons (Fsp3) is 0.611. The van der Waals surface area contributed by atoms with Crippen molar-refractivity contribution in [1.29, 1.82) is 0 Å². The number of benzene rings is 1. The molecule has 0 bridgehead atoms. The van der Waals surface area contributed by atoms with Gasteiger partial charge < -0.3 is 15.1 Å². The highest BCUT2D eigenvalue weighted by molar-refractivity contribution is 5.76. The van der Waals surface area contributed by atoms with Gasteiger partial charge in [0, 0.05) is 44.8 Å². The molecule has 4 heteroatoms. The topological polar surface area (TPSA) is 35.6 Å². The zero-order valence-corrected chi connectivity index (χ0v) is 14.1. The normalized spacial score (nSPS) is 15.5. The van der Waals surface area contributed by atoms with Crippen molar-refractivity contribution < 1.29 is 4.79 Å². The molecule has 1 amide bonds. The number of hydrogen-bond acceptors (Lipinski definition) is 3. The van der Waals surface area contributed by atoms with E-state index in [0.29, 0.717) is 12.3 Å². The van der Waals surface area contributed by atoms with Gasteiger partial charge in [-0.15, -0.1) is 0 Å². The summed E-state index contributed by atoms with van der Waals surface area (Å²) in [5.41, 5.74) is 2.55. The van der Waals surface area contributed by atoms with Crippen LogP contribution < -0.4 is 10.2 Å². The number of aryl methyl sites for hydroxylation is 1. The monoisotopic (exact) mass is 303 g/mol. The van der Waals surface area contributed by atoms with E-state index in [0.717, 1.165) is 39.3 Å². The summed E-state index contributed by atoms with van der Waals surface area (Å²) in [5.74, 6) is 0.910. The lowest BCUT2D eigenvalue weighted by molar-refractivity contribution is -0.131. The van der Waals surface area contributed by atoms with E-state index < -0.39 is 0 Å². The molecule has 1 fully saturated rings. The maximum absolute atomic E-state index is 12.2. The Kier molecular flexibility index (Phi) is 6.25. The van der Waals surface area contributed by atoms with Crippen molar-refractivity contribution in [3.05, 3.63) is 29.8 Å². The molecule has 1 saturated heterocycles. The SMILES string of the molecule is Cc1cccc(N2CCN(C(=O)CCNCC(C)C)CC2)c1. The van der Waals surface area contributed by atoms with Gasteiger partial charge in [-0.25, -0.2) is 0 Å². The number of hydrogen-bond donors (Lipinski definition) is 1. The van der Waals surface area contributed by atoms with Crippen LogP contribution in [0.15, 0.2) is 24.3 Å². The molecular formula is C18H29N3O. The molecule has 0 unspecified atom stereocenters. The molecule has 4 nitrogen and oxygen atoms in total. The van der Waals surface area contributed by atoms with Gasteiger partial charge in [0.05, 0.1) is 0 Å². The molecule has 0 aromatic heterocycles. The molecule has 0 aliphatic carbocycles. The lowest BCUT2D eigenvalue weighted by Gasteiger charge is -2.36. The van der Waals surface area contributed by atoms with E-state index in [2.05, 4.69) is 55.3 Å². The van der Waals surface area contributed by atoms with Crippen molar-refractivity contribution in [3.8, 4) is 0 Å². The summed E-state index contributed by atoms with van der Waals surface area (Å²) in [7, 11) is 0. The first kappa shape index (κ1) is 16.8. The quantitative estimate of drug-likeness (QED) is 0.819. The number of nitrogens with zero attached hydrogens (tertiary/aromatic N) is 2. The first-order valence-corrected chi connectivity index (χ1v) is 8.36. The van der Waals surface area contributed by atoms with Crippen LogP contribution in [0.5, 0.6) is 0 Å². The van der Waals surface area contributed by atoms with E-state index in [1.54, 1.807) is 0 Å². The zero-order chi connectivity index (χ0) is 15.9. The van der Waals surface area contributed by atoms with E-state index in [4.69, 9.17) is 0 Å². The second kappa shape index (κ2) is 8.18. The average Bonchev–Trinajstić information content (AvgIpc) is 2.51. The van der Waals surface area contributed by atoms with Gasteiger partial charge in [-0.05, 0) is 37.1 Å². The highest BCUT2D eigenvalue weighted by Crippen LogP contribution is 2.17. The number of amides is 1. The number of carbonyl (C=O) groups is 1. The number of piperazine rings is 1. The van der Waals surface area contributed by atoms with Crippen LogP contribution in [0.2, 0.25) is 0 Å². The highest BCUT2D eigenvalue weighted by Gasteiger charge is 2.20. The molecule has 122 valence electrons. The minimum absolute atomic E-state index is 0.278. The Balaban J connectivity index is 1.73. The van der Waals surface area contributed by atoms with Crippen LogP contribution in [0.25, 0.3) is 0 Å². The van der Waals surface area contributed by atoms with E-state index in [9.17, 15) is 4.79 Å². The van der Waals surface area contributed by atoms with Crippen LogP contribution in [0.1, 0.15) is 25.8 Å². The standard InChI is InChI=1S/C18H29N3O/c1-15(2)14-19-8-7-18(22)21-11-9-20(10-12-21)17-6-4-5-16(3)13-17/h4-6,13,15,19H,7-12,14H2,1-3H3. The summed E-state index contributed by atoms with van der Waals surface area (Å²) in [5, 5.41) is 3.34. The maximum Gasteiger partial charge on any atom is 0.223 e. The molecule has 22 heavy (non-hydrogen) atoms. The Morgan fingerprint density at radius 2 is 1.95 bits per heavy atom. The Morgan fingerprint density at radius 3 is 2.59 bits per heavy atom. The molecule has 1 heterocycles. The predicted molar refractivity (Wildman–Crippen MR) is 92.3 cm³/mol. The first-order valence-electron chi connectivity index (χ1n) is 8.36. The summed E-state index contributed by atoms with van der Waals surface area (Å²) >= 11 is 0. The lowest BCUT2D eigenvalue weighted by atomic mass is 10.2. The van der Waals surface area contributed by atoms with Gasteiger partial charge in [-0.3, -0.25) is 4.79 Å². The third-order valence-electron chi connectivity index (χ3n) is 4.07. The molecular weight excluding hydrogens is 274 g/mol. The fourth-order valence-corrected chi connectivity index (χ4v) is 2.78. The fourth-order valence-electron chi connectivity index (χ4n) is 2.78. The molecule has 0 radical (unpaired) electrons. The Hall–Kier alpha value is -1.55. The lowest BCUT2D eigenvalue weighted by Crippen LogP contribution is -2.49. The zero-order valence-electron chi connectivity index (χ0n) is 14.1. The van der Waals surface area contributed by atoms with Gasteiger partial charge >= 0.3 is 0 Å². The highest BCUT2D eigenvalue weighted by atomic mass is 16.2. The van der Waals surface area contributed by atoms with Crippen LogP contribution >= 0.6 is 0 Å². The number of anilines is 1. The Labute approximate surface area is 134 Å². The van der Waals surface area contributed by atoms with E-state index in [-0.39, 0.29) is 5.91 Å². The van der Waals surface area contributed by atoms with E-state index >= 15 is 0 Å². The third kappa shape index (κ3) is 5.02. The Bertz CT molecular complexity index is 479. The van der Waals surface area contributed by atoms with Crippen LogP contribution in [-0.2, 0) is 4.79 Å². The second-order valence-electron chi connectivity index (χ2n) is 6.55. The van der Waals surface area contributed by atoms with Gasteiger partial charge in [-0.1, -0.05) is 26.0 Å². The Morgan fingerprint density at radius 1 is 1.23 bits per heavy atom. The largest absolute Gasteiger partial charge is 0.368 e. The summed E-state index contributed by atoms with van der Waals surface area (Å²) in [6, 6.07) is 8.59. The van der Waals surface area contributed by atoms with E-state index in [1.807, 2.05) is 4.90 Å². The van der Waals surface area contributed by atoms with Crippen molar-refractivity contribution in [2.75, 3.05) is 44.2 Å². The molecule has 0 atom stereocenters. The molecule has 0 spiro atoms. The molecule has 1 aliphatic heterocycles. The van der Waals surface area contributed by atoms with E-state index in [1.165, 1.54) is 11.3 Å². The maximum atomic E-state index is 12.2. The minimum atomic E-state index is 0.278. The smallest absolute Gasteiger partial charge is 0.223 e.